The third-order valence-corrected chi connectivity index (χ3v) is 4.71. The molecule has 3 rings (SSSR count). The summed E-state index contributed by atoms with van der Waals surface area (Å²) in [6.07, 6.45) is 0.222. The molecule has 0 spiro atoms. The summed E-state index contributed by atoms with van der Waals surface area (Å²) in [5.74, 6) is 1.97. The Hall–Kier alpha value is -2.67. The van der Waals surface area contributed by atoms with Crippen molar-refractivity contribution in [3.63, 3.8) is 0 Å². The summed E-state index contributed by atoms with van der Waals surface area (Å²) in [5, 5.41) is 5.52. The fourth-order valence-corrected chi connectivity index (χ4v) is 3.00. The molecule has 7 heteroatoms. The van der Waals surface area contributed by atoms with Gasteiger partial charge in [0.2, 0.25) is 11.8 Å². The summed E-state index contributed by atoms with van der Waals surface area (Å²) < 4.78 is 11.2. The van der Waals surface area contributed by atoms with E-state index < -0.39 is 0 Å². The van der Waals surface area contributed by atoms with Crippen molar-refractivity contribution >= 4 is 17.2 Å². The van der Waals surface area contributed by atoms with Gasteiger partial charge in [-0.25, -0.2) is 9.97 Å². The molecule has 2 aromatic heterocycles. The molecule has 0 saturated heterocycles. The van der Waals surface area contributed by atoms with Crippen LogP contribution in [0.2, 0.25) is 0 Å². The number of aromatic nitrogens is 2. The number of nitrogens with zero attached hydrogens (tertiary/aromatic N) is 2. The van der Waals surface area contributed by atoms with Crippen LogP contribution in [-0.2, 0) is 24.4 Å². The Balaban J connectivity index is 1.46. The van der Waals surface area contributed by atoms with Gasteiger partial charge in [0.25, 0.3) is 0 Å². The van der Waals surface area contributed by atoms with Crippen LogP contribution in [0.25, 0.3) is 0 Å². The third-order valence-electron chi connectivity index (χ3n) is 3.83. The van der Waals surface area contributed by atoms with Crippen molar-refractivity contribution in [3.8, 4) is 5.75 Å². The van der Waals surface area contributed by atoms with Gasteiger partial charge in [0.05, 0.1) is 24.4 Å². The average Bonchev–Trinajstić information content (AvgIpc) is 3.19. The number of carbonyl (C=O) groups is 1. The van der Waals surface area contributed by atoms with E-state index in [0.29, 0.717) is 12.5 Å². The molecule has 26 heavy (non-hydrogen) atoms. The molecule has 0 radical (unpaired) electrons. The second kappa shape index (κ2) is 8.14. The van der Waals surface area contributed by atoms with E-state index in [-0.39, 0.29) is 18.9 Å². The van der Waals surface area contributed by atoms with E-state index in [4.69, 9.17) is 9.15 Å². The fourth-order valence-electron chi connectivity index (χ4n) is 2.29. The molecule has 6 nitrogen and oxygen atoms in total. The number of rotatable bonds is 7. The monoisotopic (exact) mass is 371 g/mol. The molecule has 1 aromatic carbocycles. The Labute approximate surface area is 156 Å². The highest BCUT2D eigenvalue weighted by Gasteiger charge is 2.10. The van der Waals surface area contributed by atoms with Crippen LogP contribution in [0.1, 0.15) is 33.6 Å². The van der Waals surface area contributed by atoms with Crippen LogP contribution in [0.3, 0.4) is 0 Å². The number of carbonyl (C=O) groups excluding carboxylic acids is 1. The quantitative estimate of drug-likeness (QED) is 0.688. The first-order chi connectivity index (χ1) is 12.5. The van der Waals surface area contributed by atoms with E-state index in [9.17, 15) is 4.79 Å². The maximum atomic E-state index is 12.1. The molecule has 1 N–H and O–H groups in total. The Bertz CT molecular complexity index is 864. The predicted octanol–water partition coefficient (Wildman–Crippen LogP) is 3.49. The Morgan fingerprint density at radius 2 is 1.96 bits per heavy atom. The number of hydrogen-bond donors (Lipinski definition) is 1. The summed E-state index contributed by atoms with van der Waals surface area (Å²) in [6, 6.07) is 7.88. The first kappa shape index (κ1) is 18.1. The molecule has 0 atom stereocenters. The van der Waals surface area contributed by atoms with E-state index in [1.807, 2.05) is 50.4 Å². The Morgan fingerprint density at radius 1 is 1.19 bits per heavy atom. The van der Waals surface area contributed by atoms with Crippen molar-refractivity contribution in [1.29, 1.82) is 0 Å². The van der Waals surface area contributed by atoms with Gasteiger partial charge in [-0.1, -0.05) is 17.7 Å². The van der Waals surface area contributed by atoms with E-state index in [0.717, 1.165) is 27.9 Å². The van der Waals surface area contributed by atoms with Crippen LogP contribution in [0.5, 0.6) is 5.75 Å². The first-order valence-corrected chi connectivity index (χ1v) is 9.20. The minimum atomic E-state index is -0.116. The maximum absolute atomic E-state index is 12.1. The van der Waals surface area contributed by atoms with Crippen LogP contribution in [-0.4, -0.2) is 15.9 Å². The number of thiazole rings is 1. The molecule has 0 unspecified atom stereocenters. The van der Waals surface area contributed by atoms with Crippen molar-refractivity contribution in [3.05, 3.63) is 63.3 Å². The maximum Gasteiger partial charge on any atom is 0.226 e. The van der Waals surface area contributed by atoms with Crippen molar-refractivity contribution in [1.82, 2.24) is 15.3 Å². The lowest BCUT2D eigenvalue weighted by molar-refractivity contribution is -0.120. The fraction of sp³-hybridized carbons (Fsp3) is 0.316. The van der Waals surface area contributed by atoms with Crippen LogP contribution >= 0.6 is 11.3 Å². The summed E-state index contributed by atoms with van der Waals surface area (Å²) in [7, 11) is 0. The smallest absolute Gasteiger partial charge is 0.226 e. The molecule has 1 amide bonds. The van der Waals surface area contributed by atoms with Crippen LogP contribution in [0, 0.1) is 20.8 Å². The number of benzene rings is 1. The minimum absolute atomic E-state index is 0.116. The largest absolute Gasteiger partial charge is 0.486 e. The van der Waals surface area contributed by atoms with Gasteiger partial charge in [0, 0.05) is 5.38 Å². The zero-order valence-electron chi connectivity index (χ0n) is 15.0. The molecule has 3 aromatic rings. The Kier molecular flexibility index (Phi) is 5.68. The molecule has 2 heterocycles. The lowest BCUT2D eigenvalue weighted by atomic mass is 10.2. The second-order valence-electron chi connectivity index (χ2n) is 6.04. The van der Waals surface area contributed by atoms with Crippen LogP contribution < -0.4 is 10.1 Å². The van der Waals surface area contributed by atoms with Crippen molar-refractivity contribution in [2.24, 2.45) is 0 Å². The SMILES string of the molecule is Cc1ccc(OCc2nc(CC(=O)NCc3nc(C)c(C)o3)cs2)cc1. The zero-order valence-corrected chi connectivity index (χ0v) is 15.9. The van der Waals surface area contributed by atoms with E-state index in [1.54, 1.807) is 0 Å². The Morgan fingerprint density at radius 3 is 2.65 bits per heavy atom. The van der Waals surface area contributed by atoms with Gasteiger partial charge in [0.15, 0.2) is 0 Å². The summed E-state index contributed by atoms with van der Waals surface area (Å²) >= 11 is 1.49. The molecular weight excluding hydrogens is 350 g/mol. The highest BCUT2D eigenvalue weighted by molar-refractivity contribution is 7.09. The standard InChI is InChI=1S/C19H21N3O3S/c1-12-4-6-16(7-5-12)24-10-19-22-15(11-26-19)8-17(23)20-9-18-21-13(2)14(3)25-18/h4-7,11H,8-10H2,1-3H3,(H,20,23). The third kappa shape index (κ3) is 4.92. The molecule has 136 valence electrons. The topological polar surface area (TPSA) is 77.2 Å². The summed E-state index contributed by atoms with van der Waals surface area (Å²) in [4.78, 5) is 20.7. The zero-order chi connectivity index (χ0) is 18.5. The summed E-state index contributed by atoms with van der Waals surface area (Å²) in [6.45, 7) is 6.43. The molecule has 0 aliphatic carbocycles. The van der Waals surface area contributed by atoms with Gasteiger partial charge in [-0.2, -0.15) is 0 Å². The van der Waals surface area contributed by atoms with Crippen molar-refractivity contribution in [2.75, 3.05) is 0 Å². The number of nitrogens with one attached hydrogen (secondary N) is 1. The molecule has 0 aliphatic heterocycles. The predicted molar refractivity (Wildman–Crippen MR) is 99.2 cm³/mol. The van der Waals surface area contributed by atoms with Gasteiger partial charge >= 0.3 is 0 Å². The average molecular weight is 371 g/mol. The number of hydrogen-bond acceptors (Lipinski definition) is 6. The summed E-state index contributed by atoms with van der Waals surface area (Å²) in [5.41, 5.74) is 2.76. The number of ether oxygens (including phenoxy) is 1. The lowest BCUT2D eigenvalue weighted by Crippen LogP contribution is -2.24. The van der Waals surface area contributed by atoms with Gasteiger partial charge in [-0.15, -0.1) is 11.3 Å². The molecule has 0 aliphatic rings. The van der Waals surface area contributed by atoms with Gasteiger partial charge in [-0.05, 0) is 32.9 Å². The molecule has 0 bridgehead atoms. The normalized spacial score (nSPS) is 10.7. The van der Waals surface area contributed by atoms with E-state index in [1.165, 1.54) is 16.9 Å². The molecule has 0 saturated carbocycles. The van der Waals surface area contributed by atoms with Gasteiger partial charge in [0.1, 0.15) is 23.1 Å². The van der Waals surface area contributed by atoms with Crippen LogP contribution in [0.15, 0.2) is 34.1 Å². The molecule has 0 fully saturated rings. The van der Waals surface area contributed by atoms with Crippen molar-refractivity contribution < 1.29 is 13.9 Å². The van der Waals surface area contributed by atoms with Crippen LogP contribution in [0.4, 0.5) is 0 Å². The highest BCUT2D eigenvalue weighted by atomic mass is 32.1. The van der Waals surface area contributed by atoms with Crippen molar-refractivity contribution in [2.45, 2.75) is 40.3 Å². The van der Waals surface area contributed by atoms with E-state index >= 15 is 0 Å². The second-order valence-corrected chi connectivity index (χ2v) is 6.98. The number of oxazole rings is 1. The van der Waals surface area contributed by atoms with E-state index in [2.05, 4.69) is 15.3 Å². The number of amides is 1. The van der Waals surface area contributed by atoms with Gasteiger partial charge < -0.3 is 14.5 Å². The molecular formula is C19H21N3O3S. The first-order valence-electron chi connectivity index (χ1n) is 8.32. The minimum Gasteiger partial charge on any atom is -0.486 e. The highest BCUT2D eigenvalue weighted by Crippen LogP contribution is 2.16. The van der Waals surface area contributed by atoms with Gasteiger partial charge in [-0.3, -0.25) is 4.79 Å². The lowest BCUT2D eigenvalue weighted by Gasteiger charge is -2.04. The number of aryl methyl sites for hydroxylation is 3.